The fraction of sp³-hybridized carbons (Fsp3) is 0.111. The first-order valence-electron chi connectivity index (χ1n) is 7.56. The van der Waals surface area contributed by atoms with Gasteiger partial charge in [-0.3, -0.25) is 9.59 Å². The summed E-state index contributed by atoms with van der Waals surface area (Å²) in [5.74, 6) is -0.574. The van der Waals surface area contributed by atoms with E-state index in [2.05, 4.69) is 4.74 Å². The van der Waals surface area contributed by atoms with Crippen molar-refractivity contribution < 1.29 is 27.1 Å². The molecule has 0 aliphatic rings. The predicted molar refractivity (Wildman–Crippen MR) is 93.0 cm³/mol. The van der Waals surface area contributed by atoms with E-state index in [4.69, 9.17) is 4.42 Å². The van der Waals surface area contributed by atoms with Gasteiger partial charge in [0.1, 0.15) is 10.4 Å². The molecular formula is C18H12F3NO4S. The van der Waals surface area contributed by atoms with E-state index in [0.29, 0.717) is 14.8 Å². The van der Waals surface area contributed by atoms with Gasteiger partial charge in [0.15, 0.2) is 5.76 Å². The van der Waals surface area contributed by atoms with Gasteiger partial charge in [0, 0.05) is 13.1 Å². The maximum atomic E-state index is 12.3. The van der Waals surface area contributed by atoms with Crippen LogP contribution in [0.3, 0.4) is 0 Å². The summed E-state index contributed by atoms with van der Waals surface area (Å²) in [7, 11) is 1.53. The number of Topliss-reactive ketones (excluding diaryl/α,β-unsaturated/α-hetero) is 1. The highest BCUT2D eigenvalue weighted by Gasteiger charge is 2.30. The number of hydrogen-bond acceptors (Lipinski definition) is 5. The Labute approximate surface area is 154 Å². The van der Waals surface area contributed by atoms with E-state index in [1.807, 2.05) is 0 Å². The minimum atomic E-state index is -4.76. The van der Waals surface area contributed by atoms with Crippen LogP contribution in [0.4, 0.5) is 13.2 Å². The van der Waals surface area contributed by atoms with E-state index in [-0.39, 0.29) is 22.9 Å². The van der Waals surface area contributed by atoms with Gasteiger partial charge < -0.3 is 13.7 Å². The van der Waals surface area contributed by atoms with Crippen LogP contribution in [-0.2, 0) is 7.05 Å². The average Bonchev–Trinajstić information content (AvgIpc) is 3.21. The van der Waals surface area contributed by atoms with Crippen molar-refractivity contribution in [3.05, 3.63) is 73.5 Å². The molecule has 2 heterocycles. The van der Waals surface area contributed by atoms with Gasteiger partial charge in [-0.05, 0) is 35.9 Å². The molecule has 27 heavy (non-hydrogen) atoms. The van der Waals surface area contributed by atoms with Crippen LogP contribution in [0.1, 0.15) is 16.1 Å². The predicted octanol–water partition coefficient (Wildman–Crippen LogP) is 2.43. The van der Waals surface area contributed by atoms with Crippen LogP contribution >= 0.6 is 11.3 Å². The van der Waals surface area contributed by atoms with Crippen molar-refractivity contribution >= 4 is 29.3 Å². The second-order valence-electron chi connectivity index (χ2n) is 5.42. The van der Waals surface area contributed by atoms with Gasteiger partial charge in [0.05, 0.1) is 10.8 Å². The molecule has 0 bridgehead atoms. The summed E-state index contributed by atoms with van der Waals surface area (Å²) in [5, 5.41) is 0. The van der Waals surface area contributed by atoms with Crippen molar-refractivity contribution in [1.82, 2.24) is 4.57 Å². The zero-order chi connectivity index (χ0) is 19.6. The number of alkyl halides is 3. The number of rotatable bonds is 4. The first-order chi connectivity index (χ1) is 12.7. The average molecular weight is 395 g/mol. The molecule has 2 aromatic heterocycles. The molecule has 0 saturated heterocycles. The number of nitrogens with zero attached hydrogens (tertiary/aromatic N) is 1. The summed E-state index contributed by atoms with van der Waals surface area (Å²) >= 11 is 1.09. The summed E-state index contributed by atoms with van der Waals surface area (Å²) in [4.78, 5) is 24.4. The molecule has 0 fully saturated rings. The molecule has 0 aliphatic carbocycles. The molecule has 0 saturated carbocycles. The topological polar surface area (TPSA) is 61.4 Å². The van der Waals surface area contributed by atoms with Crippen molar-refractivity contribution in [3.63, 3.8) is 0 Å². The maximum Gasteiger partial charge on any atom is 0.573 e. The molecular weight excluding hydrogens is 383 g/mol. The van der Waals surface area contributed by atoms with E-state index >= 15 is 0 Å². The first-order valence-corrected chi connectivity index (χ1v) is 8.37. The minimum absolute atomic E-state index is 0.154. The standard InChI is InChI=1S/C18H12F3NO4S/c1-22-16(10-13(23)14-3-2-8-25-14)27-15(17(22)24)9-11-4-6-12(7-5-11)26-18(19,20)21/h2-10H,1H3. The van der Waals surface area contributed by atoms with Crippen LogP contribution in [0.2, 0.25) is 0 Å². The Bertz CT molecular complexity index is 1120. The van der Waals surface area contributed by atoms with Crippen molar-refractivity contribution in [2.24, 2.45) is 7.05 Å². The number of carbonyl (C=O) groups excluding carboxylic acids is 1. The number of carbonyl (C=O) groups is 1. The van der Waals surface area contributed by atoms with Crippen LogP contribution in [0.25, 0.3) is 12.2 Å². The van der Waals surface area contributed by atoms with Gasteiger partial charge in [-0.15, -0.1) is 24.5 Å². The largest absolute Gasteiger partial charge is 0.573 e. The zero-order valence-electron chi connectivity index (χ0n) is 13.8. The molecule has 0 aliphatic heterocycles. The van der Waals surface area contributed by atoms with Gasteiger partial charge in [-0.1, -0.05) is 12.1 Å². The molecule has 0 spiro atoms. The number of thiazole rings is 1. The van der Waals surface area contributed by atoms with Gasteiger partial charge in [-0.2, -0.15) is 0 Å². The molecule has 140 valence electrons. The highest BCUT2D eigenvalue weighted by atomic mass is 32.1. The van der Waals surface area contributed by atoms with Crippen LogP contribution < -0.4 is 19.5 Å². The molecule has 0 amide bonds. The maximum absolute atomic E-state index is 12.3. The van der Waals surface area contributed by atoms with E-state index in [0.717, 1.165) is 23.5 Å². The Morgan fingerprint density at radius 1 is 1.22 bits per heavy atom. The molecule has 5 nitrogen and oxygen atoms in total. The zero-order valence-corrected chi connectivity index (χ0v) is 14.6. The third-order valence-corrected chi connectivity index (χ3v) is 4.60. The summed E-state index contributed by atoms with van der Waals surface area (Å²) in [6.45, 7) is 0. The Morgan fingerprint density at radius 2 is 1.93 bits per heavy atom. The monoisotopic (exact) mass is 395 g/mol. The summed E-state index contributed by atoms with van der Waals surface area (Å²) < 4.78 is 47.5. The van der Waals surface area contributed by atoms with Crippen molar-refractivity contribution in [3.8, 4) is 5.75 Å². The van der Waals surface area contributed by atoms with Gasteiger partial charge >= 0.3 is 6.36 Å². The molecule has 9 heteroatoms. The Balaban J connectivity index is 1.94. The molecule has 0 N–H and O–H groups in total. The Morgan fingerprint density at radius 3 is 2.52 bits per heavy atom. The van der Waals surface area contributed by atoms with Crippen LogP contribution in [0, 0.1) is 0 Å². The minimum Gasteiger partial charge on any atom is -0.461 e. The molecule has 1 aromatic carbocycles. The SMILES string of the molecule is Cn1c(=CC(=O)c2ccco2)sc(=Cc2ccc(OC(F)(F)F)cc2)c1=O. The summed E-state index contributed by atoms with van der Waals surface area (Å²) in [6, 6.07) is 8.22. The normalized spacial score (nSPS) is 13.2. The molecule has 3 aromatic rings. The molecule has 0 atom stereocenters. The fourth-order valence-electron chi connectivity index (χ4n) is 2.23. The van der Waals surface area contributed by atoms with Crippen molar-refractivity contribution in [2.75, 3.05) is 0 Å². The van der Waals surface area contributed by atoms with Crippen molar-refractivity contribution in [2.45, 2.75) is 6.36 Å². The highest BCUT2D eigenvalue weighted by Crippen LogP contribution is 2.22. The first kappa shape index (κ1) is 18.7. The number of furan rings is 1. The van der Waals surface area contributed by atoms with E-state index in [1.54, 1.807) is 6.07 Å². The summed E-state index contributed by atoms with van der Waals surface area (Å²) in [6.07, 6.45) is -0.568. The van der Waals surface area contributed by atoms with Gasteiger partial charge in [0.2, 0.25) is 5.78 Å². The van der Waals surface area contributed by atoms with Crippen molar-refractivity contribution in [1.29, 1.82) is 0 Å². The Kier molecular flexibility index (Phi) is 5.04. The highest BCUT2D eigenvalue weighted by molar-refractivity contribution is 7.07. The smallest absolute Gasteiger partial charge is 0.461 e. The van der Waals surface area contributed by atoms with Gasteiger partial charge in [0.25, 0.3) is 5.56 Å². The van der Waals surface area contributed by atoms with Gasteiger partial charge in [-0.25, -0.2) is 0 Å². The number of ketones is 1. The lowest BCUT2D eigenvalue weighted by molar-refractivity contribution is -0.274. The molecule has 3 rings (SSSR count). The number of benzene rings is 1. The summed E-state index contributed by atoms with van der Waals surface area (Å²) in [5.41, 5.74) is 0.196. The number of aromatic nitrogens is 1. The fourth-order valence-corrected chi connectivity index (χ4v) is 3.26. The lowest BCUT2D eigenvalue weighted by atomic mass is 10.2. The van der Waals surface area contributed by atoms with Crippen LogP contribution in [0.15, 0.2) is 51.9 Å². The molecule has 0 radical (unpaired) electrons. The Hall–Kier alpha value is -3.07. The van der Waals surface area contributed by atoms with E-state index in [9.17, 15) is 22.8 Å². The van der Waals surface area contributed by atoms with Crippen LogP contribution in [-0.4, -0.2) is 16.7 Å². The molecule has 0 unspecified atom stereocenters. The third-order valence-electron chi connectivity index (χ3n) is 3.49. The number of halogens is 3. The van der Waals surface area contributed by atoms with E-state index < -0.39 is 6.36 Å². The lowest BCUT2D eigenvalue weighted by Crippen LogP contribution is -2.29. The number of ether oxygens (including phenoxy) is 1. The lowest BCUT2D eigenvalue weighted by Gasteiger charge is -2.08. The van der Waals surface area contributed by atoms with E-state index in [1.165, 1.54) is 48.2 Å². The quantitative estimate of drug-likeness (QED) is 0.637. The van der Waals surface area contributed by atoms with Crippen LogP contribution in [0.5, 0.6) is 5.75 Å². The number of hydrogen-bond donors (Lipinski definition) is 0. The second kappa shape index (κ2) is 7.28. The third kappa shape index (κ3) is 4.56. The second-order valence-corrected chi connectivity index (χ2v) is 6.48.